The third-order valence-electron chi connectivity index (χ3n) is 4.22. The van der Waals surface area contributed by atoms with Crippen LogP contribution in [-0.2, 0) is 12.8 Å². The standard InChI is InChI=1S/C19H22N2O3/c1-23-17-6-3-13(11-18(17)24-2)7-9-21-19(22)15-4-5-16-14(12-15)8-10-20-16/h3-6,11-12,20H,7-10H2,1-2H3,(H,21,22). The molecular formula is C19H22N2O3. The molecule has 0 saturated heterocycles. The van der Waals surface area contributed by atoms with Crippen molar-refractivity contribution in [2.75, 3.05) is 32.6 Å². The predicted molar refractivity (Wildman–Crippen MR) is 94.2 cm³/mol. The molecule has 2 aromatic carbocycles. The summed E-state index contributed by atoms with van der Waals surface area (Å²) >= 11 is 0. The molecule has 0 saturated carbocycles. The third-order valence-corrected chi connectivity index (χ3v) is 4.22. The summed E-state index contributed by atoms with van der Waals surface area (Å²) in [4.78, 5) is 12.3. The molecule has 0 aromatic heterocycles. The normalized spacial score (nSPS) is 12.2. The van der Waals surface area contributed by atoms with Gasteiger partial charge < -0.3 is 20.1 Å². The van der Waals surface area contributed by atoms with E-state index in [0.717, 1.165) is 30.6 Å². The summed E-state index contributed by atoms with van der Waals surface area (Å²) < 4.78 is 10.5. The fraction of sp³-hybridized carbons (Fsp3) is 0.316. The summed E-state index contributed by atoms with van der Waals surface area (Å²) in [7, 11) is 3.23. The van der Waals surface area contributed by atoms with E-state index in [1.54, 1.807) is 14.2 Å². The second kappa shape index (κ2) is 7.25. The van der Waals surface area contributed by atoms with Gasteiger partial charge in [-0.05, 0) is 54.3 Å². The first kappa shape index (κ1) is 16.2. The van der Waals surface area contributed by atoms with Crippen molar-refractivity contribution in [2.24, 2.45) is 0 Å². The predicted octanol–water partition coefficient (Wildman–Crippen LogP) is 2.64. The highest BCUT2D eigenvalue weighted by molar-refractivity contribution is 5.95. The van der Waals surface area contributed by atoms with Gasteiger partial charge in [-0.3, -0.25) is 4.79 Å². The molecule has 126 valence electrons. The van der Waals surface area contributed by atoms with Crippen LogP contribution in [0.1, 0.15) is 21.5 Å². The number of carbonyl (C=O) groups is 1. The van der Waals surface area contributed by atoms with Crippen molar-refractivity contribution in [3.05, 3.63) is 53.1 Å². The SMILES string of the molecule is COc1ccc(CCNC(=O)c2ccc3c(c2)CCN3)cc1OC. The van der Waals surface area contributed by atoms with Crippen molar-refractivity contribution in [1.82, 2.24) is 5.32 Å². The molecule has 0 atom stereocenters. The van der Waals surface area contributed by atoms with Gasteiger partial charge in [0.2, 0.25) is 0 Å². The van der Waals surface area contributed by atoms with Gasteiger partial charge in [0.1, 0.15) is 0 Å². The quantitative estimate of drug-likeness (QED) is 0.857. The number of nitrogens with one attached hydrogen (secondary N) is 2. The third kappa shape index (κ3) is 3.45. The van der Waals surface area contributed by atoms with E-state index in [4.69, 9.17) is 9.47 Å². The average Bonchev–Trinajstić information content (AvgIpc) is 3.09. The number of benzene rings is 2. The number of ether oxygens (including phenoxy) is 2. The van der Waals surface area contributed by atoms with E-state index < -0.39 is 0 Å². The minimum absolute atomic E-state index is 0.0369. The lowest BCUT2D eigenvalue weighted by atomic mass is 10.1. The number of carbonyl (C=O) groups excluding carboxylic acids is 1. The van der Waals surface area contributed by atoms with E-state index in [0.29, 0.717) is 23.6 Å². The molecule has 0 spiro atoms. The van der Waals surface area contributed by atoms with Gasteiger partial charge in [-0.1, -0.05) is 6.07 Å². The van der Waals surface area contributed by atoms with Crippen molar-refractivity contribution in [2.45, 2.75) is 12.8 Å². The van der Waals surface area contributed by atoms with Crippen LogP contribution in [0, 0.1) is 0 Å². The van der Waals surface area contributed by atoms with Gasteiger partial charge in [-0.15, -0.1) is 0 Å². The molecule has 0 radical (unpaired) electrons. The van der Waals surface area contributed by atoms with E-state index in [2.05, 4.69) is 10.6 Å². The molecule has 3 rings (SSSR count). The van der Waals surface area contributed by atoms with Gasteiger partial charge in [0.15, 0.2) is 11.5 Å². The first-order valence-corrected chi connectivity index (χ1v) is 8.07. The van der Waals surface area contributed by atoms with Crippen molar-refractivity contribution in [3.63, 3.8) is 0 Å². The van der Waals surface area contributed by atoms with Crippen LogP contribution in [0.15, 0.2) is 36.4 Å². The van der Waals surface area contributed by atoms with Gasteiger partial charge >= 0.3 is 0 Å². The molecule has 0 bridgehead atoms. The van der Waals surface area contributed by atoms with Crippen molar-refractivity contribution in [1.29, 1.82) is 0 Å². The molecule has 1 aliphatic heterocycles. The van der Waals surface area contributed by atoms with Crippen LogP contribution in [0.5, 0.6) is 11.5 Å². The Morgan fingerprint density at radius 2 is 1.96 bits per heavy atom. The molecule has 24 heavy (non-hydrogen) atoms. The number of amides is 1. The van der Waals surface area contributed by atoms with Gasteiger partial charge in [-0.2, -0.15) is 0 Å². The summed E-state index contributed by atoms with van der Waals surface area (Å²) in [6, 6.07) is 11.6. The largest absolute Gasteiger partial charge is 0.493 e. The summed E-state index contributed by atoms with van der Waals surface area (Å²) in [5, 5.41) is 6.27. The van der Waals surface area contributed by atoms with E-state index in [1.165, 1.54) is 5.56 Å². The minimum atomic E-state index is -0.0369. The summed E-state index contributed by atoms with van der Waals surface area (Å²) in [6.45, 7) is 1.52. The minimum Gasteiger partial charge on any atom is -0.493 e. The van der Waals surface area contributed by atoms with E-state index >= 15 is 0 Å². The Balaban J connectivity index is 1.57. The van der Waals surface area contributed by atoms with Crippen molar-refractivity contribution >= 4 is 11.6 Å². The Kier molecular flexibility index (Phi) is 4.89. The summed E-state index contributed by atoms with van der Waals surface area (Å²) in [5.74, 6) is 1.37. The molecule has 1 aliphatic rings. The Hall–Kier alpha value is -2.69. The Morgan fingerprint density at radius 1 is 1.12 bits per heavy atom. The molecule has 0 aliphatic carbocycles. The molecule has 5 heteroatoms. The van der Waals surface area contributed by atoms with E-state index in [1.807, 2.05) is 36.4 Å². The maximum Gasteiger partial charge on any atom is 0.251 e. The van der Waals surface area contributed by atoms with Gasteiger partial charge in [0, 0.05) is 24.3 Å². The first-order chi connectivity index (χ1) is 11.7. The van der Waals surface area contributed by atoms with Crippen LogP contribution in [0.3, 0.4) is 0 Å². The van der Waals surface area contributed by atoms with Crippen LogP contribution in [0.25, 0.3) is 0 Å². The van der Waals surface area contributed by atoms with Crippen LogP contribution >= 0.6 is 0 Å². The highest BCUT2D eigenvalue weighted by Crippen LogP contribution is 2.27. The smallest absolute Gasteiger partial charge is 0.251 e. The topological polar surface area (TPSA) is 59.6 Å². The molecule has 1 heterocycles. The molecule has 2 N–H and O–H groups in total. The number of hydrogen-bond acceptors (Lipinski definition) is 4. The molecule has 2 aromatic rings. The summed E-state index contributed by atoms with van der Waals surface area (Å²) in [6.07, 6.45) is 1.71. The monoisotopic (exact) mass is 326 g/mol. The summed E-state index contributed by atoms with van der Waals surface area (Å²) in [5.41, 5.74) is 4.15. The zero-order valence-electron chi connectivity index (χ0n) is 14.0. The highest BCUT2D eigenvalue weighted by atomic mass is 16.5. The Morgan fingerprint density at radius 3 is 2.75 bits per heavy atom. The maximum atomic E-state index is 12.3. The van der Waals surface area contributed by atoms with E-state index in [9.17, 15) is 4.79 Å². The lowest BCUT2D eigenvalue weighted by Crippen LogP contribution is -2.25. The second-order valence-corrected chi connectivity index (χ2v) is 5.74. The van der Waals surface area contributed by atoms with Gasteiger partial charge in [-0.25, -0.2) is 0 Å². The van der Waals surface area contributed by atoms with Crippen LogP contribution in [0.2, 0.25) is 0 Å². The number of methoxy groups -OCH3 is 2. The van der Waals surface area contributed by atoms with Crippen LogP contribution in [0.4, 0.5) is 5.69 Å². The second-order valence-electron chi connectivity index (χ2n) is 5.74. The molecule has 0 unspecified atom stereocenters. The number of rotatable bonds is 6. The highest BCUT2D eigenvalue weighted by Gasteiger charge is 2.13. The molecular weight excluding hydrogens is 304 g/mol. The van der Waals surface area contributed by atoms with Gasteiger partial charge in [0.05, 0.1) is 14.2 Å². The lowest BCUT2D eigenvalue weighted by molar-refractivity contribution is 0.0954. The average molecular weight is 326 g/mol. The lowest BCUT2D eigenvalue weighted by Gasteiger charge is -2.10. The Bertz CT molecular complexity index is 743. The molecule has 5 nitrogen and oxygen atoms in total. The van der Waals surface area contributed by atoms with Crippen LogP contribution < -0.4 is 20.1 Å². The molecule has 1 amide bonds. The number of fused-ring (bicyclic) bond motifs is 1. The first-order valence-electron chi connectivity index (χ1n) is 8.07. The van der Waals surface area contributed by atoms with E-state index in [-0.39, 0.29) is 5.91 Å². The van der Waals surface area contributed by atoms with Crippen molar-refractivity contribution in [3.8, 4) is 11.5 Å². The van der Waals surface area contributed by atoms with Gasteiger partial charge in [0.25, 0.3) is 5.91 Å². The zero-order chi connectivity index (χ0) is 16.9. The van der Waals surface area contributed by atoms with Crippen molar-refractivity contribution < 1.29 is 14.3 Å². The number of hydrogen-bond donors (Lipinski definition) is 2. The fourth-order valence-corrected chi connectivity index (χ4v) is 2.90. The molecule has 0 fully saturated rings. The maximum absolute atomic E-state index is 12.3. The fourth-order valence-electron chi connectivity index (χ4n) is 2.90. The zero-order valence-corrected chi connectivity index (χ0v) is 14.0. The Labute approximate surface area is 142 Å². The van der Waals surface area contributed by atoms with Crippen LogP contribution in [-0.4, -0.2) is 33.2 Å². The number of anilines is 1.